The van der Waals surface area contributed by atoms with Crippen LogP contribution in [-0.4, -0.2) is 52.5 Å². The molecule has 34 heavy (non-hydrogen) atoms. The summed E-state index contributed by atoms with van der Waals surface area (Å²) in [6.45, 7) is 1.59. The first-order valence-corrected chi connectivity index (χ1v) is 11.2. The molecule has 3 aromatic rings. The predicted octanol–water partition coefficient (Wildman–Crippen LogP) is 4.12. The summed E-state index contributed by atoms with van der Waals surface area (Å²) in [6, 6.07) is 14.3. The van der Waals surface area contributed by atoms with Crippen LogP contribution in [0.3, 0.4) is 0 Å². The second-order valence-electron chi connectivity index (χ2n) is 7.72. The number of amides is 1. The third-order valence-corrected chi connectivity index (χ3v) is 5.86. The fourth-order valence-electron chi connectivity index (χ4n) is 3.62. The number of amidine groups is 1. The summed E-state index contributed by atoms with van der Waals surface area (Å²) >= 11 is 3.28. The number of anilines is 1. The molecule has 1 aromatic heterocycles. The van der Waals surface area contributed by atoms with E-state index in [0.717, 1.165) is 29.0 Å². The van der Waals surface area contributed by atoms with Gasteiger partial charge in [0.05, 0.1) is 11.5 Å². The number of nitro groups is 1. The van der Waals surface area contributed by atoms with Crippen LogP contribution in [0.1, 0.15) is 31.8 Å². The molecule has 0 fully saturated rings. The Balaban J connectivity index is 1.57. The van der Waals surface area contributed by atoms with Crippen LogP contribution in [-0.2, 0) is 6.42 Å². The van der Waals surface area contributed by atoms with Crippen molar-refractivity contribution in [3.63, 3.8) is 0 Å². The first-order chi connectivity index (χ1) is 16.3. The number of rotatable bonds is 7. The molecule has 1 aliphatic rings. The Kier molecular flexibility index (Phi) is 6.78. The van der Waals surface area contributed by atoms with Crippen LogP contribution in [0, 0.1) is 10.1 Å². The van der Waals surface area contributed by atoms with Crippen LogP contribution >= 0.6 is 15.9 Å². The van der Waals surface area contributed by atoms with Gasteiger partial charge in [0.1, 0.15) is 11.7 Å². The van der Waals surface area contributed by atoms with Crippen LogP contribution < -0.4 is 5.32 Å². The number of nitrogens with zero attached hydrogens (tertiary/aromatic N) is 4. The van der Waals surface area contributed by atoms with Crippen molar-refractivity contribution in [1.29, 1.82) is 0 Å². The topological polar surface area (TPSA) is 118 Å². The molecule has 0 bridgehead atoms. The van der Waals surface area contributed by atoms with Gasteiger partial charge in [-0.25, -0.2) is 4.98 Å². The molecule has 2 heterocycles. The fourth-order valence-corrected chi connectivity index (χ4v) is 3.85. The van der Waals surface area contributed by atoms with Gasteiger partial charge in [0.15, 0.2) is 5.78 Å². The van der Waals surface area contributed by atoms with Crippen molar-refractivity contribution < 1.29 is 14.5 Å². The van der Waals surface area contributed by atoms with Crippen molar-refractivity contribution in [2.75, 3.05) is 25.5 Å². The number of carbonyl (C=O) groups excluding carboxylic acids is 2. The number of carbonyl (C=O) groups is 2. The van der Waals surface area contributed by atoms with Crippen molar-refractivity contribution in [3.8, 4) is 0 Å². The first kappa shape index (κ1) is 23.2. The number of hydrogen-bond acceptors (Lipinski definition) is 7. The molecule has 1 N–H and O–H groups in total. The summed E-state index contributed by atoms with van der Waals surface area (Å²) in [5, 5.41) is 14.0. The number of ketones is 1. The average molecular weight is 522 g/mol. The summed E-state index contributed by atoms with van der Waals surface area (Å²) < 4.78 is 0.754. The lowest BCUT2D eigenvalue weighted by Gasteiger charge is -2.14. The number of aromatic nitrogens is 1. The molecule has 0 spiro atoms. The molecular formula is C24H20BrN5O4. The molecule has 4 rings (SSSR count). The minimum atomic E-state index is -0.556. The maximum atomic E-state index is 13.0. The number of non-ortho nitro benzene ring substituents is 1. The molecule has 0 saturated carbocycles. The highest BCUT2D eigenvalue weighted by Crippen LogP contribution is 2.22. The van der Waals surface area contributed by atoms with Gasteiger partial charge in [0, 0.05) is 59.5 Å². The van der Waals surface area contributed by atoms with E-state index in [1.165, 1.54) is 24.4 Å². The molecule has 10 heteroatoms. The van der Waals surface area contributed by atoms with Crippen LogP contribution in [0.4, 0.5) is 11.5 Å². The zero-order chi connectivity index (χ0) is 24.2. The molecule has 9 nitrogen and oxygen atoms in total. The van der Waals surface area contributed by atoms with Crippen molar-refractivity contribution in [2.24, 2.45) is 4.99 Å². The zero-order valence-corrected chi connectivity index (χ0v) is 19.8. The number of nitro benzene ring substituents is 1. The number of benzene rings is 2. The fraction of sp³-hybridized carbons (Fsp3) is 0.167. The SMILES string of the molecule is CN1CCN=C1c1ccc(C(=O)Cc2cc([N+](=O)[O-])ccc2C(=O)Nc2ccc(Br)cn2)cc1. The summed E-state index contributed by atoms with van der Waals surface area (Å²) in [6.07, 6.45) is 1.37. The molecule has 2 aromatic carbocycles. The molecule has 1 amide bonds. The Morgan fingerprint density at radius 1 is 1.15 bits per heavy atom. The second kappa shape index (κ2) is 9.92. The summed E-state index contributed by atoms with van der Waals surface area (Å²) in [4.78, 5) is 47.2. The highest BCUT2D eigenvalue weighted by Gasteiger charge is 2.20. The molecule has 1 aliphatic heterocycles. The van der Waals surface area contributed by atoms with E-state index in [1.807, 2.05) is 24.1 Å². The molecule has 0 unspecified atom stereocenters. The Labute approximate surface area is 203 Å². The standard InChI is InChI=1S/C24H20BrN5O4/c1-29-11-10-26-23(29)16-4-2-15(3-5-16)21(31)13-17-12-19(30(33)34)7-8-20(17)24(32)28-22-9-6-18(25)14-27-22/h2-9,12,14H,10-11,13H2,1H3,(H,27,28,32). The first-order valence-electron chi connectivity index (χ1n) is 10.4. The molecular weight excluding hydrogens is 502 g/mol. The highest BCUT2D eigenvalue weighted by atomic mass is 79.9. The summed E-state index contributed by atoms with van der Waals surface area (Å²) in [5.41, 5.74) is 1.59. The molecule has 0 radical (unpaired) electrons. The monoisotopic (exact) mass is 521 g/mol. The molecule has 172 valence electrons. The van der Waals surface area contributed by atoms with E-state index in [1.54, 1.807) is 24.3 Å². The van der Waals surface area contributed by atoms with Gasteiger partial charge in [-0.15, -0.1) is 0 Å². The molecule has 0 saturated heterocycles. The number of nitrogens with one attached hydrogen (secondary N) is 1. The average Bonchev–Trinajstić information content (AvgIpc) is 3.26. The van der Waals surface area contributed by atoms with Gasteiger partial charge in [-0.2, -0.15) is 0 Å². The maximum absolute atomic E-state index is 13.0. The number of halogens is 1. The van der Waals surface area contributed by atoms with E-state index in [0.29, 0.717) is 11.4 Å². The van der Waals surface area contributed by atoms with Gasteiger partial charge in [-0.05, 0) is 39.7 Å². The van der Waals surface area contributed by atoms with E-state index in [4.69, 9.17) is 0 Å². The summed E-state index contributed by atoms with van der Waals surface area (Å²) in [7, 11) is 1.96. The predicted molar refractivity (Wildman–Crippen MR) is 131 cm³/mol. The van der Waals surface area contributed by atoms with Gasteiger partial charge >= 0.3 is 0 Å². The number of likely N-dealkylation sites (N-methyl/N-ethyl adjacent to an activating group) is 1. The van der Waals surface area contributed by atoms with Crippen molar-refractivity contribution in [3.05, 3.63) is 97.6 Å². The highest BCUT2D eigenvalue weighted by molar-refractivity contribution is 9.10. The van der Waals surface area contributed by atoms with Crippen molar-refractivity contribution in [2.45, 2.75) is 6.42 Å². The van der Waals surface area contributed by atoms with Crippen LogP contribution in [0.2, 0.25) is 0 Å². The quantitative estimate of drug-likeness (QED) is 0.283. The number of aliphatic imine (C=N–C) groups is 1. The minimum Gasteiger partial charge on any atom is -0.358 e. The third-order valence-electron chi connectivity index (χ3n) is 5.39. The van der Waals surface area contributed by atoms with Gasteiger partial charge < -0.3 is 10.2 Å². The van der Waals surface area contributed by atoms with Gasteiger partial charge in [0.25, 0.3) is 11.6 Å². The Bertz CT molecular complexity index is 1290. The van der Waals surface area contributed by atoms with E-state index >= 15 is 0 Å². The van der Waals surface area contributed by atoms with E-state index in [9.17, 15) is 19.7 Å². The normalized spacial score (nSPS) is 12.9. The Morgan fingerprint density at radius 3 is 2.53 bits per heavy atom. The number of hydrogen-bond donors (Lipinski definition) is 1. The Morgan fingerprint density at radius 2 is 1.91 bits per heavy atom. The Hall–Kier alpha value is -3.92. The largest absolute Gasteiger partial charge is 0.358 e. The lowest BCUT2D eigenvalue weighted by molar-refractivity contribution is -0.384. The second-order valence-corrected chi connectivity index (χ2v) is 8.63. The van der Waals surface area contributed by atoms with E-state index in [-0.39, 0.29) is 29.0 Å². The number of Topliss-reactive ketones (excluding diaryl/α,β-unsaturated/α-hetero) is 1. The lowest BCUT2D eigenvalue weighted by atomic mass is 9.97. The van der Waals surface area contributed by atoms with E-state index < -0.39 is 10.8 Å². The van der Waals surface area contributed by atoms with Crippen LogP contribution in [0.15, 0.2) is 70.3 Å². The van der Waals surface area contributed by atoms with Crippen LogP contribution in [0.25, 0.3) is 0 Å². The lowest BCUT2D eigenvalue weighted by Crippen LogP contribution is -2.23. The van der Waals surface area contributed by atoms with Gasteiger partial charge in [-0.1, -0.05) is 24.3 Å². The zero-order valence-electron chi connectivity index (χ0n) is 18.2. The van der Waals surface area contributed by atoms with Crippen LogP contribution in [0.5, 0.6) is 0 Å². The van der Waals surface area contributed by atoms with E-state index in [2.05, 4.69) is 31.2 Å². The van der Waals surface area contributed by atoms with Gasteiger partial charge in [0.2, 0.25) is 0 Å². The molecule has 0 atom stereocenters. The van der Waals surface area contributed by atoms with Crippen molar-refractivity contribution in [1.82, 2.24) is 9.88 Å². The van der Waals surface area contributed by atoms with Crippen molar-refractivity contribution >= 4 is 45.0 Å². The third kappa shape index (κ3) is 5.18. The minimum absolute atomic E-state index is 0.168. The van der Waals surface area contributed by atoms with Gasteiger partial charge in [-0.3, -0.25) is 24.7 Å². The maximum Gasteiger partial charge on any atom is 0.269 e. The smallest absolute Gasteiger partial charge is 0.269 e. The number of pyridine rings is 1. The summed E-state index contributed by atoms with van der Waals surface area (Å²) in [5.74, 6) is 0.423. The molecule has 0 aliphatic carbocycles.